The van der Waals surface area contributed by atoms with Crippen molar-refractivity contribution >= 4 is 5.82 Å². The highest BCUT2D eigenvalue weighted by Gasteiger charge is 2.15. The molecule has 0 aliphatic carbocycles. The summed E-state index contributed by atoms with van der Waals surface area (Å²) in [6.45, 7) is 9.74. The van der Waals surface area contributed by atoms with E-state index < -0.39 is 0 Å². The van der Waals surface area contributed by atoms with Gasteiger partial charge >= 0.3 is 5.69 Å². The number of aromatic nitrogens is 4. The number of anilines is 1. The molecule has 0 amide bonds. The number of nitrogens with one attached hydrogen (secondary N) is 1. The molecule has 36 heavy (non-hydrogen) atoms. The summed E-state index contributed by atoms with van der Waals surface area (Å²) in [5.41, 5.74) is 5.78. The molecule has 6 nitrogen and oxygen atoms in total. The average Bonchev–Trinajstić information content (AvgIpc) is 3.18. The number of hydrogen-bond acceptors (Lipinski definition) is 4. The van der Waals surface area contributed by atoms with Gasteiger partial charge in [0.05, 0.1) is 12.2 Å². The maximum Gasteiger partial charge on any atom is 0.346 e. The van der Waals surface area contributed by atoms with Crippen LogP contribution in [0.2, 0.25) is 0 Å². The third kappa shape index (κ3) is 5.93. The van der Waals surface area contributed by atoms with Crippen molar-refractivity contribution in [1.29, 1.82) is 0 Å². The Balaban J connectivity index is 1.39. The van der Waals surface area contributed by atoms with Crippen molar-refractivity contribution in [3.63, 3.8) is 0 Å². The Bertz CT molecular complexity index is 1340. The molecule has 0 unspecified atom stereocenters. The first-order valence-electron chi connectivity index (χ1n) is 12.8. The lowest BCUT2D eigenvalue weighted by atomic mass is 9.87. The fourth-order valence-corrected chi connectivity index (χ4v) is 4.40. The predicted octanol–water partition coefficient (Wildman–Crippen LogP) is 5.69. The van der Waals surface area contributed by atoms with Gasteiger partial charge in [-0.3, -0.25) is 4.57 Å². The summed E-state index contributed by atoms with van der Waals surface area (Å²) in [6.07, 6.45) is 2.64. The van der Waals surface area contributed by atoms with Crippen molar-refractivity contribution in [2.24, 2.45) is 0 Å². The first kappa shape index (κ1) is 25.4. The van der Waals surface area contributed by atoms with Crippen LogP contribution in [0.15, 0.2) is 71.5 Å². The molecule has 2 aromatic carbocycles. The zero-order valence-corrected chi connectivity index (χ0v) is 22.1. The van der Waals surface area contributed by atoms with Gasteiger partial charge in [0, 0.05) is 25.6 Å². The van der Waals surface area contributed by atoms with E-state index in [0.29, 0.717) is 13.1 Å². The Kier molecular flexibility index (Phi) is 7.73. The van der Waals surface area contributed by atoms with Gasteiger partial charge in [-0.2, -0.15) is 5.10 Å². The molecule has 0 saturated heterocycles. The molecule has 0 bridgehead atoms. The first-order chi connectivity index (χ1) is 17.3. The van der Waals surface area contributed by atoms with Crippen LogP contribution in [0, 0.1) is 0 Å². The van der Waals surface area contributed by atoms with E-state index in [4.69, 9.17) is 5.10 Å². The Morgan fingerprint density at radius 3 is 2.22 bits per heavy atom. The van der Waals surface area contributed by atoms with Gasteiger partial charge in [-0.05, 0) is 54.0 Å². The Labute approximate surface area is 214 Å². The van der Waals surface area contributed by atoms with Gasteiger partial charge < -0.3 is 5.32 Å². The molecule has 6 heteroatoms. The molecular weight excluding hydrogens is 446 g/mol. The minimum Gasteiger partial charge on any atom is -0.373 e. The molecule has 0 fully saturated rings. The van der Waals surface area contributed by atoms with Crippen LogP contribution in [0.4, 0.5) is 5.82 Å². The van der Waals surface area contributed by atoms with E-state index in [2.05, 4.69) is 79.6 Å². The van der Waals surface area contributed by atoms with Gasteiger partial charge in [-0.15, -0.1) is 0 Å². The van der Waals surface area contributed by atoms with Gasteiger partial charge in [0.1, 0.15) is 11.6 Å². The summed E-state index contributed by atoms with van der Waals surface area (Å²) in [7, 11) is 1.88. The number of nitrogens with zero attached hydrogens (tertiary/aromatic N) is 4. The van der Waals surface area contributed by atoms with Crippen molar-refractivity contribution in [3.05, 3.63) is 99.7 Å². The molecule has 2 heterocycles. The fraction of sp³-hybridized carbons (Fsp3) is 0.367. The van der Waals surface area contributed by atoms with E-state index in [1.807, 2.05) is 32.2 Å². The Hall–Kier alpha value is -3.67. The fourth-order valence-electron chi connectivity index (χ4n) is 4.40. The third-order valence-electron chi connectivity index (χ3n) is 6.59. The summed E-state index contributed by atoms with van der Waals surface area (Å²) < 4.78 is 3.40. The highest BCUT2D eigenvalue weighted by Crippen LogP contribution is 2.22. The number of benzene rings is 2. The van der Waals surface area contributed by atoms with Gasteiger partial charge in [0.25, 0.3) is 0 Å². The lowest BCUT2D eigenvalue weighted by molar-refractivity contribution is 0.588. The second kappa shape index (κ2) is 10.9. The van der Waals surface area contributed by atoms with Crippen molar-refractivity contribution in [3.8, 4) is 11.3 Å². The van der Waals surface area contributed by atoms with E-state index in [1.54, 1.807) is 9.25 Å². The maximum atomic E-state index is 13.0. The topological polar surface area (TPSA) is 64.7 Å². The van der Waals surface area contributed by atoms with Gasteiger partial charge in [-0.1, -0.05) is 75.4 Å². The molecule has 4 aromatic rings. The van der Waals surface area contributed by atoms with E-state index in [-0.39, 0.29) is 11.1 Å². The van der Waals surface area contributed by atoms with Crippen LogP contribution in [0.3, 0.4) is 0 Å². The van der Waals surface area contributed by atoms with Crippen LogP contribution >= 0.6 is 0 Å². The van der Waals surface area contributed by atoms with Gasteiger partial charge in [-0.25, -0.2) is 14.5 Å². The Morgan fingerprint density at radius 1 is 0.889 bits per heavy atom. The second-order valence-corrected chi connectivity index (χ2v) is 10.3. The molecule has 4 rings (SSSR count). The van der Waals surface area contributed by atoms with Crippen LogP contribution < -0.4 is 11.0 Å². The second-order valence-electron chi connectivity index (χ2n) is 10.3. The van der Waals surface area contributed by atoms with Crippen molar-refractivity contribution < 1.29 is 0 Å². The standard InChI is InChI=1S/C30H37N5O/c1-6-34-28(33-35(29(34)36)21-23-15-19-25(20-16-23)30(2,3)4)12-7-9-22-13-17-24(18-14-22)26-10-8-11-27(31-5)32-26/h8,10-11,13-20H,6-7,9,12,21H2,1-5H3,(H,31,32). The molecule has 0 aliphatic rings. The average molecular weight is 484 g/mol. The molecule has 0 atom stereocenters. The van der Waals surface area contributed by atoms with E-state index in [1.165, 1.54) is 11.1 Å². The normalized spacial score (nSPS) is 11.6. The molecule has 0 radical (unpaired) electrons. The minimum atomic E-state index is -0.0342. The van der Waals surface area contributed by atoms with E-state index in [0.717, 1.165) is 47.7 Å². The number of hydrogen-bond donors (Lipinski definition) is 1. The molecule has 188 valence electrons. The summed E-state index contributed by atoms with van der Waals surface area (Å²) in [4.78, 5) is 17.6. The summed E-state index contributed by atoms with van der Waals surface area (Å²) in [5, 5.41) is 7.79. The van der Waals surface area contributed by atoms with Gasteiger partial charge in [0.15, 0.2) is 0 Å². The highest BCUT2D eigenvalue weighted by molar-refractivity contribution is 5.61. The first-order valence-corrected chi connectivity index (χ1v) is 12.8. The largest absolute Gasteiger partial charge is 0.373 e. The smallest absolute Gasteiger partial charge is 0.346 e. The molecule has 0 aliphatic heterocycles. The van der Waals surface area contributed by atoms with Crippen LogP contribution in [0.5, 0.6) is 0 Å². The third-order valence-corrected chi connectivity index (χ3v) is 6.59. The zero-order valence-electron chi connectivity index (χ0n) is 22.1. The van der Waals surface area contributed by atoms with Crippen molar-refractivity contribution in [2.45, 2.75) is 65.5 Å². The van der Waals surface area contributed by atoms with Crippen molar-refractivity contribution in [2.75, 3.05) is 12.4 Å². The molecule has 1 N–H and O–H groups in total. The summed E-state index contributed by atoms with van der Waals surface area (Å²) in [6, 6.07) is 23.1. The number of rotatable bonds is 9. The maximum absolute atomic E-state index is 13.0. The monoisotopic (exact) mass is 483 g/mol. The Morgan fingerprint density at radius 2 is 1.58 bits per heavy atom. The van der Waals surface area contributed by atoms with Crippen LogP contribution in [-0.4, -0.2) is 26.4 Å². The summed E-state index contributed by atoms with van der Waals surface area (Å²) in [5.74, 6) is 1.72. The van der Waals surface area contributed by atoms with Crippen LogP contribution in [0.1, 0.15) is 56.6 Å². The molecule has 2 aromatic heterocycles. The quantitative estimate of drug-likeness (QED) is 0.332. The van der Waals surface area contributed by atoms with Crippen LogP contribution in [0.25, 0.3) is 11.3 Å². The molecular formula is C30H37N5O. The van der Waals surface area contributed by atoms with Gasteiger partial charge in [0.2, 0.25) is 0 Å². The minimum absolute atomic E-state index is 0.0342. The predicted molar refractivity (Wildman–Crippen MR) is 148 cm³/mol. The SMILES string of the molecule is CCn1c(CCCc2ccc(-c3cccc(NC)n3)cc2)nn(Cc2ccc(C(C)(C)C)cc2)c1=O. The van der Waals surface area contributed by atoms with E-state index >= 15 is 0 Å². The lowest BCUT2D eigenvalue weighted by Crippen LogP contribution is -2.25. The highest BCUT2D eigenvalue weighted by atomic mass is 16.2. The lowest BCUT2D eigenvalue weighted by Gasteiger charge is -2.19. The zero-order chi connectivity index (χ0) is 25.7. The van der Waals surface area contributed by atoms with E-state index in [9.17, 15) is 4.79 Å². The summed E-state index contributed by atoms with van der Waals surface area (Å²) >= 11 is 0. The number of aryl methyl sites for hydroxylation is 2. The van der Waals surface area contributed by atoms with Crippen molar-refractivity contribution in [1.82, 2.24) is 19.3 Å². The van der Waals surface area contributed by atoms with Crippen LogP contribution in [-0.2, 0) is 31.3 Å². The molecule has 0 saturated carbocycles. The number of pyridine rings is 1. The molecule has 0 spiro atoms.